The van der Waals surface area contributed by atoms with Gasteiger partial charge in [-0.25, -0.2) is 4.39 Å². The van der Waals surface area contributed by atoms with Crippen molar-refractivity contribution in [3.05, 3.63) is 100 Å². The van der Waals surface area contributed by atoms with E-state index in [0.29, 0.717) is 16.1 Å². The summed E-state index contributed by atoms with van der Waals surface area (Å²) in [5.41, 5.74) is 2.60. The Balaban J connectivity index is 1.90. The van der Waals surface area contributed by atoms with Crippen molar-refractivity contribution in [3.8, 4) is 6.07 Å². The average molecular weight is 352 g/mol. The Morgan fingerprint density at radius 3 is 2.72 bits per heavy atom. The highest BCUT2D eigenvalue weighted by atomic mass is 35.5. The maximum absolute atomic E-state index is 14.0. The fraction of sp³-hybridized carbons (Fsp3) is 0.100. The number of nitrogens with one attached hydrogen (secondary N) is 1. The third-order valence-electron chi connectivity index (χ3n) is 3.84. The van der Waals surface area contributed by atoms with Gasteiger partial charge in [0, 0.05) is 23.3 Å². The van der Waals surface area contributed by atoms with Gasteiger partial charge in [0.25, 0.3) is 0 Å². The minimum atomic E-state index is -0.350. The van der Waals surface area contributed by atoms with Crippen LogP contribution in [0.3, 0.4) is 0 Å². The van der Waals surface area contributed by atoms with E-state index in [1.807, 2.05) is 42.5 Å². The van der Waals surface area contributed by atoms with Gasteiger partial charge in [0.2, 0.25) is 0 Å². The van der Waals surface area contributed by atoms with Crippen LogP contribution in [-0.4, -0.2) is 4.98 Å². The van der Waals surface area contributed by atoms with E-state index in [2.05, 4.69) is 10.3 Å². The first-order valence-electron chi connectivity index (χ1n) is 7.75. The van der Waals surface area contributed by atoms with E-state index in [1.165, 1.54) is 12.1 Å². The van der Waals surface area contributed by atoms with E-state index in [0.717, 1.165) is 11.3 Å². The molecule has 2 aromatic carbocycles. The summed E-state index contributed by atoms with van der Waals surface area (Å²) in [5.74, 6) is -0.350. The van der Waals surface area contributed by atoms with Crippen LogP contribution in [0.1, 0.15) is 28.4 Å². The van der Waals surface area contributed by atoms with Crippen molar-refractivity contribution in [1.82, 2.24) is 10.3 Å². The lowest BCUT2D eigenvalue weighted by molar-refractivity contribution is 0.554. The molecule has 0 fully saturated rings. The fourth-order valence-corrected chi connectivity index (χ4v) is 2.82. The molecule has 0 aliphatic rings. The number of rotatable bonds is 5. The lowest BCUT2D eigenvalue weighted by Crippen LogP contribution is -2.23. The summed E-state index contributed by atoms with van der Waals surface area (Å²) in [6.45, 7) is 0.259. The molecular weight excluding hydrogens is 337 g/mol. The molecular formula is C20H15ClFN3. The lowest BCUT2D eigenvalue weighted by atomic mass is 10.0. The highest BCUT2D eigenvalue weighted by Gasteiger charge is 2.16. The van der Waals surface area contributed by atoms with Gasteiger partial charge in [-0.05, 0) is 48.0 Å². The van der Waals surface area contributed by atoms with Crippen molar-refractivity contribution in [2.24, 2.45) is 0 Å². The Morgan fingerprint density at radius 1 is 1.12 bits per heavy atom. The summed E-state index contributed by atoms with van der Waals surface area (Å²) in [4.78, 5) is 4.40. The van der Waals surface area contributed by atoms with Crippen molar-refractivity contribution in [1.29, 1.82) is 5.26 Å². The van der Waals surface area contributed by atoms with Gasteiger partial charge in [-0.15, -0.1) is 0 Å². The van der Waals surface area contributed by atoms with Gasteiger partial charge in [0.15, 0.2) is 0 Å². The Labute approximate surface area is 150 Å². The minimum Gasteiger partial charge on any atom is -0.301 e. The number of nitriles is 1. The first-order chi connectivity index (χ1) is 12.2. The smallest absolute Gasteiger partial charge is 0.127 e. The Kier molecular flexibility index (Phi) is 5.39. The van der Waals surface area contributed by atoms with Crippen LogP contribution in [-0.2, 0) is 6.54 Å². The van der Waals surface area contributed by atoms with Crippen LogP contribution in [0.15, 0.2) is 66.9 Å². The quantitative estimate of drug-likeness (QED) is 0.729. The molecule has 1 N–H and O–H groups in total. The third-order valence-corrected chi connectivity index (χ3v) is 4.07. The average Bonchev–Trinajstić information content (AvgIpc) is 2.64. The predicted molar refractivity (Wildman–Crippen MR) is 95.5 cm³/mol. The number of hydrogen-bond acceptors (Lipinski definition) is 3. The van der Waals surface area contributed by atoms with Crippen molar-refractivity contribution in [2.75, 3.05) is 0 Å². The number of nitrogens with zero attached hydrogens (tertiary/aromatic N) is 2. The molecule has 0 saturated heterocycles. The molecule has 1 atom stereocenters. The number of halogens is 2. The molecule has 124 valence electrons. The van der Waals surface area contributed by atoms with Gasteiger partial charge < -0.3 is 5.32 Å². The second-order valence-corrected chi connectivity index (χ2v) is 5.98. The predicted octanol–water partition coefficient (Wildman–Crippen LogP) is 4.62. The Hall–Kier alpha value is -2.74. The molecule has 0 spiro atoms. The van der Waals surface area contributed by atoms with E-state index in [1.54, 1.807) is 18.3 Å². The summed E-state index contributed by atoms with van der Waals surface area (Å²) in [7, 11) is 0. The fourth-order valence-electron chi connectivity index (χ4n) is 2.62. The van der Waals surface area contributed by atoms with Crippen molar-refractivity contribution < 1.29 is 4.39 Å². The number of aromatic nitrogens is 1. The number of hydrogen-bond donors (Lipinski definition) is 1. The van der Waals surface area contributed by atoms with E-state index in [4.69, 9.17) is 16.9 Å². The van der Waals surface area contributed by atoms with E-state index in [-0.39, 0.29) is 18.4 Å². The first-order valence-corrected chi connectivity index (χ1v) is 8.13. The van der Waals surface area contributed by atoms with Gasteiger partial charge in [-0.1, -0.05) is 29.8 Å². The summed E-state index contributed by atoms with van der Waals surface area (Å²) in [6, 6.07) is 19.2. The molecule has 1 aromatic heterocycles. The largest absolute Gasteiger partial charge is 0.301 e. The highest BCUT2D eigenvalue weighted by molar-refractivity contribution is 6.30. The van der Waals surface area contributed by atoms with Gasteiger partial charge in [0.1, 0.15) is 5.82 Å². The van der Waals surface area contributed by atoms with Crippen LogP contribution in [0, 0.1) is 17.1 Å². The third kappa shape index (κ3) is 4.21. The van der Waals surface area contributed by atoms with Crippen LogP contribution >= 0.6 is 11.6 Å². The van der Waals surface area contributed by atoms with Crippen LogP contribution in [0.5, 0.6) is 0 Å². The van der Waals surface area contributed by atoms with Crippen LogP contribution in [0.25, 0.3) is 0 Å². The van der Waals surface area contributed by atoms with Crippen LogP contribution < -0.4 is 5.32 Å². The van der Waals surface area contributed by atoms with Crippen molar-refractivity contribution in [3.63, 3.8) is 0 Å². The second kappa shape index (κ2) is 7.89. The zero-order valence-electron chi connectivity index (χ0n) is 13.3. The highest BCUT2D eigenvalue weighted by Crippen LogP contribution is 2.24. The van der Waals surface area contributed by atoms with E-state index >= 15 is 0 Å². The molecule has 0 aliphatic carbocycles. The SMILES string of the molecule is N#Cc1ccc(F)c(CN[C@H](c2cccc(Cl)c2)c2ccccn2)c1. The zero-order valence-corrected chi connectivity index (χ0v) is 14.0. The molecule has 0 aliphatic heterocycles. The van der Waals surface area contributed by atoms with Gasteiger partial charge >= 0.3 is 0 Å². The molecule has 25 heavy (non-hydrogen) atoms. The molecule has 3 nitrogen and oxygen atoms in total. The van der Waals surface area contributed by atoms with Crippen molar-refractivity contribution >= 4 is 11.6 Å². The Bertz CT molecular complexity index is 906. The van der Waals surface area contributed by atoms with Crippen LogP contribution in [0.2, 0.25) is 5.02 Å². The normalized spacial score (nSPS) is 11.7. The molecule has 3 rings (SSSR count). The lowest BCUT2D eigenvalue weighted by Gasteiger charge is -2.19. The van der Waals surface area contributed by atoms with Gasteiger partial charge in [0.05, 0.1) is 23.4 Å². The minimum absolute atomic E-state index is 0.245. The summed E-state index contributed by atoms with van der Waals surface area (Å²) < 4.78 is 14.0. The first kappa shape index (κ1) is 17.1. The maximum Gasteiger partial charge on any atom is 0.127 e. The standard InChI is InChI=1S/C20H15ClFN3/c21-17-5-3-4-15(11-17)20(19-6-1-2-9-24-19)25-13-16-10-14(12-23)7-8-18(16)22/h1-11,20,25H,13H2/t20-/m1/s1. The molecule has 0 radical (unpaired) electrons. The zero-order chi connectivity index (χ0) is 17.6. The summed E-state index contributed by atoms with van der Waals surface area (Å²) in [6.07, 6.45) is 1.71. The molecule has 5 heteroatoms. The molecule has 0 unspecified atom stereocenters. The molecule has 0 bridgehead atoms. The van der Waals surface area contributed by atoms with Gasteiger partial charge in [-0.3, -0.25) is 4.98 Å². The van der Waals surface area contributed by atoms with Crippen LogP contribution in [0.4, 0.5) is 4.39 Å². The topological polar surface area (TPSA) is 48.7 Å². The number of pyridine rings is 1. The summed E-state index contributed by atoms with van der Waals surface area (Å²) in [5, 5.41) is 12.9. The van der Waals surface area contributed by atoms with E-state index in [9.17, 15) is 4.39 Å². The number of benzene rings is 2. The Morgan fingerprint density at radius 2 is 2.00 bits per heavy atom. The second-order valence-electron chi connectivity index (χ2n) is 5.54. The molecule has 1 heterocycles. The molecule has 3 aromatic rings. The van der Waals surface area contributed by atoms with E-state index < -0.39 is 0 Å². The molecule has 0 saturated carbocycles. The van der Waals surface area contributed by atoms with Crippen molar-refractivity contribution in [2.45, 2.75) is 12.6 Å². The molecule has 0 amide bonds. The maximum atomic E-state index is 14.0. The monoisotopic (exact) mass is 351 g/mol. The summed E-state index contributed by atoms with van der Waals surface area (Å²) >= 11 is 6.11. The van der Waals surface area contributed by atoms with Gasteiger partial charge in [-0.2, -0.15) is 5.26 Å².